The zero-order chi connectivity index (χ0) is 18.8. The number of carbonyl (C=O) groups is 2. The monoisotopic (exact) mass is 388 g/mol. The molecule has 0 saturated heterocycles. The molecular formula is C18H7Li3O7S. The van der Waals surface area contributed by atoms with E-state index in [1.54, 1.807) is 6.07 Å². The van der Waals surface area contributed by atoms with Gasteiger partial charge in [-0.2, -0.15) is 0 Å². The molecule has 0 atom stereocenters. The molecule has 0 bridgehead atoms. The number of carbonyl (C=O) groups excluding carboxylic acids is 2. The van der Waals surface area contributed by atoms with E-state index < -0.39 is 27.0 Å². The number of carboxylic acid groups (broad SMARTS) is 2. The molecule has 4 aromatic carbocycles. The smallest absolute Gasteiger partial charge is 0.744 e. The minimum atomic E-state index is -4.95. The number of rotatable bonds is 3. The standard InChI is InChI=1S/C18H10O7S.3Li/c19-17(20)11-3-8-1-2-9-4-12(18(21)22)6-13-14(26(23,24)25)7-10(5-11)15(8)16(9)13;;;/h1-7H,(H,19,20)(H,21,22)(H,23,24,25);;;/q;3*+1/p-3. The zero-order valence-corrected chi connectivity index (χ0v) is 16.6. The van der Waals surface area contributed by atoms with Gasteiger partial charge in [-0.3, -0.25) is 0 Å². The quantitative estimate of drug-likeness (QED) is 0.193. The average Bonchev–Trinajstić information content (AvgIpc) is 2.57. The van der Waals surface area contributed by atoms with Crippen LogP contribution in [0.2, 0.25) is 0 Å². The fraction of sp³-hybridized carbons (Fsp3) is 0. The van der Waals surface area contributed by atoms with Gasteiger partial charge in [0.2, 0.25) is 0 Å². The van der Waals surface area contributed by atoms with Crippen LogP contribution in [0.15, 0.2) is 47.4 Å². The van der Waals surface area contributed by atoms with Gasteiger partial charge < -0.3 is 24.4 Å². The van der Waals surface area contributed by atoms with Crippen LogP contribution in [0.4, 0.5) is 0 Å². The Labute approximate surface area is 201 Å². The molecule has 7 nitrogen and oxygen atoms in total. The number of hydrogen-bond acceptors (Lipinski definition) is 7. The molecule has 0 aliphatic heterocycles. The van der Waals surface area contributed by atoms with Crippen molar-refractivity contribution in [3.63, 3.8) is 0 Å². The maximum atomic E-state index is 11.7. The van der Waals surface area contributed by atoms with E-state index in [1.165, 1.54) is 24.3 Å². The third-order valence-corrected chi connectivity index (χ3v) is 5.23. The Morgan fingerprint density at radius 2 is 1.14 bits per heavy atom. The molecule has 0 aliphatic carbocycles. The predicted octanol–water partition coefficient (Wildman–Crippen LogP) is -8.77. The van der Waals surface area contributed by atoms with Gasteiger partial charge in [0.05, 0.1) is 16.8 Å². The van der Waals surface area contributed by atoms with Crippen LogP contribution in [0.25, 0.3) is 32.3 Å². The van der Waals surface area contributed by atoms with Gasteiger partial charge in [-0.25, -0.2) is 8.42 Å². The van der Waals surface area contributed by atoms with Gasteiger partial charge in [-0.05, 0) is 68.4 Å². The van der Waals surface area contributed by atoms with E-state index in [1.807, 2.05) is 0 Å². The molecule has 0 fully saturated rings. The molecule has 0 N–H and O–H groups in total. The summed E-state index contributed by atoms with van der Waals surface area (Å²) >= 11 is 0. The third-order valence-electron chi connectivity index (χ3n) is 4.35. The Morgan fingerprint density at radius 1 is 0.690 bits per heavy atom. The Bertz CT molecular complexity index is 1370. The first-order valence-electron chi connectivity index (χ1n) is 7.32. The molecule has 4 aromatic rings. The summed E-state index contributed by atoms with van der Waals surface area (Å²) in [7, 11) is -4.95. The van der Waals surface area contributed by atoms with E-state index in [-0.39, 0.29) is 78.5 Å². The number of benzene rings is 4. The van der Waals surface area contributed by atoms with E-state index in [4.69, 9.17) is 0 Å². The first kappa shape index (κ1) is 25.6. The Hall–Kier alpha value is -1.44. The second kappa shape index (κ2) is 8.74. The summed E-state index contributed by atoms with van der Waals surface area (Å²) in [5, 5.41) is 24.4. The molecule has 4 rings (SSSR count). The van der Waals surface area contributed by atoms with Gasteiger partial charge in [0.15, 0.2) is 0 Å². The summed E-state index contributed by atoms with van der Waals surface area (Å²) in [6.07, 6.45) is 0. The van der Waals surface area contributed by atoms with Gasteiger partial charge in [0.1, 0.15) is 10.1 Å². The van der Waals surface area contributed by atoms with Crippen LogP contribution in [-0.4, -0.2) is 24.9 Å². The molecular weight excluding hydrogens is 381 g/mol. The molecule has 0 unspecified atom stereocenters. The van der Waals surface area contributed by atoms with Gasteiger partial charge >= 0.3 is 56.6 Å². The van der Waals surface area contributed by atoms with E-state index >= 15 is 0 Å². The molecule has 0 heterocycles. The first-order chi connectivity index (χ1) is 12.2. The van der Waals surface area contributed by atoms with Gasteiger partial charge in [0.25, 0.3) is 0 Å². The summed E-state index contributed by atoms with van der Waals surface area (Å²) in [5.74, 6) is -2.95. The second-order valence-corrected chi connectivity index (χ2v) is 7.24. The van der Waals surface area contributed by atoms with E-state index in [0.29, 0.717) is 21.5 Å². The van der Waals surface area contributed by atoms with Crippen LogP contribution >= 0.6 is 0 Å². The normalized spacial score (nSPS) is 10.9. The molecule has 0 aliphatic rings. The fourth-order valence-electron chi connectivity index (χ4n) is 3.33. The van der Waals surface area contributed by atoms with Crippen molar-refractivity contribution in [2.45, 2.75) is 4.90 Å². The van der Waals surface area contributed by atoms with Crippen LogP contribution in [-0.2, 0) is 10.1 Å². The van der Waals surface area contributed by atoms with Crippen molar-refractivity contribution >= 4 is 54.4 Å². The molecule has 0 amide bonds. The third kappa shape index (κ3) is 4.23. The summed E-state index contributed by atoms with van der Waals surface area (Å²) < 4.78 is 35.2. The fourth-order valence-corrected chi connectivity index (χ4v) is 4.03. The topological polar surface area (TPSA) is 137 Å². The van der Waals surface area contributed by atoms with E-state index in [9.17, 15) is 32.8 Å². The number of hydrogen-bond donors (Lipinski definition) is 0. The Kier molecular flexibility index (Phi) is 7.72. The molecule has 0 aromatic heterocycles. The van der Waals surface area contributed by atoms with Crippen LogP contribution in [0, 0.1) is 0 Å². The maximum Gasteiger partial charge on any atom is 1.00 e. The average molecular weight is 388 g/mol. The van der Waals surface area contributed by atoms with Crippen LogP contribution in [0.1, 0.15) is 20.7 Å². The van der Waals surface area contributed by atoms with Crippen molar-refractivity contribution < 1.29 is 89.4 Å². The van der Waals surface area contributed by atoms with Gasteiger partial charge in [-0.1, -0.05) is 12.1 Å². The minimum Gasteiger partial charge on any atom is -0.744 e. The van der Waals surface area contributed by atoms with Crippen molar-refractivity contribution in [3.8, 4) is 0 Å². The van der Waals surface area contributed by atoms with Gasteiger partial charge in [0, 0.05) is 5.39 Å². The minimum absolute atomic E-state index is 0. The van der Waals surface area contributed by atoms with Gasteiger partial charge in [-0.15, -0.1) is 0 Å². The van der Waals surface area contributed by atoms with Crippen LogP contribution in [0.5, 0.6) is 0 Å². The van der Waals surface area contributed by atoms with E-state index in [2.05, 4.69) is 0 Å². The number of carboxylic acids is 2. The van der Waals surface area contributed by atoms with Crippen molar-refractivity contribution in [3.05, 3.63) is 53.6 Å². The maximum absolute atomic E-state index is 11.7. The summed E-state index contributed by atoms with van der Waals surface area (Å²) in [6, 6.07) is 9.14. The molecule has 130 valence electrons. The second-order valence-electron chi connectivity index (χ2n) is 5.89. The summed E-state index contributed by atoms with van der Waals surface area (Å²) in [5.41, 5.74) is -0.434. The Balaban J connectivity index is 0.00000140. The zero-order valence-electron chi connectivity index (χ0n) is 15.8. The molecule has 11 heteroatoms. The molecule has 0 spiro atoms. The predicted molar refractivity (Wildman–Crippen MR) is 86.8 cm³/mol. The Morgan fingerprint density at radius 3 is 1.62 bits per heavy atom. The van der Waals surface area contributed by atoms with Crippen LogP contribution < -0.4 is 66.8 Å². The van der Waals surface area contributed by atoms with Crippen molar-refractivity contribution in [1.29, 1.82) is 0 Å². The summed E-state index contributed by atoms with van der Waals surface area (Å²) in [6.45, 7) is 0. The van der Waals surface area contributed by atoms with Crippen molar-refractivity contribution in [2.24, 2.45) is 0 Å². The molecule has 0 radical (unpaired) electrons. The van der Waals surface area contributed by atoms with Crippen LogP contribution in [0.3, 0.4) is 0 Å². The van der Waals surface area contributed by atoms with Crippen molar-refractivity contribution in [1.82, 2.24) is 0 Å². The van der Waals surface area contributed by atoms with Crippen molar-refractivity contribution in [2.75, 3.05) is 0 Å². The largest absolute Gasteiger partial charge is 1.00 e. The van der Waals surface area contributed by atoms with E-state index in [0.717, 1.165) is 12.1 Å². The first-order valence-corrected chi connectivity index (χ1v) is 8.73. The number of aromatic carboxylic acids is 2. The molecule has 29 heavy (non-hydrogen) atoms. The summed E-state index contributed by atoms with van der Waals surface area (Å²) in [4.78, 5) is 21.8. The SMILES string of the molecule is O=C([O-])c1cc2ccc3cc(C(=O)[O-])cc4c(S(=O)(=O)[O-])cc(c1)c2c34.[Li+].[Li+].[Li+]. The molecule has 0 saturated carbocycles.